The number of likely N-dealkylation sites (tertiary alicyclic amines) is 1. The quantitative estimate of drug-likeness (QED) is 0.561. The Hall–Kier alpha value is -3.15. The topological polar surface area (TPSA) is 53.9 Å². The lowest BCUT2D eigenvalue weighted by atomic mass is 10.2. The van der Waals surface area contributed by atoms with Gasteiger partial charge in [0.25, 0.3) is 5.91 Å². The van der Waals surface area contributed by atoms with Crippen molar-refractivity contribution in [1.82, 2.24) is 19.4 Å². The Labute approximate surface area is 161 Å². The molecule has 6 heteroatoms. The second kappa shape index (κ2) is 6.19. The molecule has 0 aliphatic carbocycles. The van der Waals surface area contributed by atoms with Gasteiger partial charge >= 0.3 is 0 Å². The normalized spacial score (nSPS) is 17.1. The van der Waals surface area contributed by atoms with Gasteiger partial charge in [-0.05, 0) is 61.7 Å². The molecular weight excluding hydrogens is 355 g/mol. The summed E-state index contributed by atoms with van der Waals surface area (Å²) in [6, 6.07) is 12.4. The molecule has 1 saturated heterocycles. The molecule has 1 fully saturated rings. The molecule has 3 heterocycles. The molecule has 28 heavy (non-hydrogen) atoms. The van der Waals surface area contributed by atoms with Crippen LogP contribution in [0.4, 0.5) is 4.39 Å². The van der Waals surface area contributed by atoms with E-state index in [4.69, 9.17) is 4.98 Å². The minimum atomic E-state index is -0.297. The zero-order valence-corrected chi connectivity index (χ0v) is 15.9. The van der Waals surface area contributed by atoms with Gasteiger partial charge in [0.15, 0.2) is 0 Å². The number of imidazole rings is 1. The number of aromatic amines is 1. The molecule has 0 spiro atoms. The molecule has 2 aromatic heterocycles. The molecule has 142 valence electrons. The summed E-state index contributed by atoms with van der Waals surface area (Å²) < 4.78 is 15.4. The number of amides is 1. The molecule has 4 aromatic rings. The minimum Gasteiger partial charge on any atom is -0.340 e. The summed E-state index contributed by atoms with van der Waals surface area (Å²) in [4.78, 5) is 23.4. The molecule has 1 amide bonds. The van der Waals surface area contributed by atoms with Crippen LogP contribution in [0.3, 0.4) is 0 Å². The lowest BCUT2D eigenvalue weighted by molar-refractivity contribution is 0.0721. The van der Waals surface area contributed by atoms with Crippen molar-refractivity contribution >= 4 is 27.8 Å². The van der Waals surface area contributed by atoms with Gasteiger partial charge in [-0.15, -0.1) is 0 Å². The predicted molar refractivity (Wildman–Crippen MR) is 107 cm³/mol. The molecule has 0 saturated carbocycles. The molecular formula is C22H21FN4O. The van der Waals surface area contributed by atoms with Crippen LogP contribution in [0, 0.1) is 12.7 Å². The Kier molecular flexibility index (Phi) is 3.75. The van der Waals surface area contributed by atoms with Gasteiger partial charge in [-0.2, -0.15) is 0 Å². The second-order valence-corrected chi connectivity index (χ2v) is 7.59. The molecule has 1 unspecified atom stereocenters. The highest BCUT2D eigenvalue weighted by Crippen LogP contribution is 2.33. The first-order valence-corrected chi connectivity index (χ1v) is 9.53. The molecule has 5 rings (SSSR count). The van der Waals surface area contributed by atoms with Crippen LogP contribution in [-0.4, -0.2) is 31.9 Å². The highest BCUT2D eigenvalue weighted by Gasteiger charge is 2.34. The van der Waals surface area contributed by atoms with Crippen molar-refractivity contribution in [2.24, 2.45) is 7.05 Å². The number of aryl methyl sites for hydroxylation is 2. The SMILES string of the molecule is Cc1ccc2nc(C3CCCN3C(=O)c3cc4cc(F)ccc4n3C)[nH]c2c1. The van der Waals surface area contributed by atoms with Gasteiger partial charge in [-0.3, -0.25) is 4.79 Å². The lowest BCUT2D eigenvalue weighted by Gasteiger charge is -2.23. The number of benzene rings is 2. The molecule has 0 bridgehead atoms. The van der Waals surface area contributed by atoms with Crippen molar-refractivity contribution in [3.05, 3.63) is 65.4 Å². The van der Waals surface area contributed by atoms with E-state index in [0.717, 1.165) is 40.6 Å². The van der Waals surface area contributed by atoms with E-state index in [1.54, 1.807) is 12.1 Å². The molecule has 1 atom stereocenters. The molecule has 1 aliphatic heterocycles. The van der Waals surface area contributed by atoms with Crippen LogP contribution in [0.5, 0.6) is 0 Å². The van der Waals surface area contributed by atoms with Gasteiger partial charge in [0.1, 0.15) is 17.3 Å². The Morgan fingerprint density at radius 2 is 2.07 bits per heavy atom. The van der Waals surface area contributed by atoms with Crippen molar-refractivity contribution in [3.8, 4) is 0 Å². The van der Waals surface area contributed by atoms with Gasteiger partial charge in [0.2, 0.25) is 0 Å². The van der Waals surface area contributed by atoms with Crippen LogP contribution in [-0.2, 0) is 7.05 Å². The van der Waals surface area contributed by atoms with Gasteiger partial charge < -0.3 is 14.5 Å². The number of fused-ring (bicyclic) bond motifs is 2. The average Bonchev–Trinajstić information content (AvgIpc) is 3.37. The first-order chi connectivity index (χ1) is 13.5. The van der Waals surface area contributed by atoms with Crippen molar-refractivity contribution in [2.45, 2.75) is 25.8 Å². The number of carbonyl (C=O) groups is 1. The van der Waals surface area contributed by atoms with E-state index >= 15 is 0 Å². The van der Waals surface area contributed by atoms with Crippen LogP contribution in [0.2, 0.25) is 0 Å². The minimum absolute atomic E-state index is 0.0433. The summed E-state index contributed by atoms with van der Waals surface area (Å²) in [6.07, 6.45) is 1.81. The third kappa shape index (κ3) is 2.59. The lowest BCUT2D eigenvalue weighted by Crippen LogP contribution is -2.32. The van der Waals surface area contributed by atoms with E-state index in [1.165, 1.54) is 17.7 Å². The van der Waals surface area contributed by atoms with Crippen LogP contribution in [0.15, 0.2) is 42.5 Å². The van der Waals surface area contributed by atoms with E-state index < -0.39 is 0 Å². The van der Waals surface area contributed by atoms with Crippen LogP contribution in [0.25, 0.3) is 21.9 Å². The summed E-state index contributed by atoms with van der Waals surface area (Å²) in [7, 11) is 1.85. The molecule has 0 radical (unpaired) electrons. The van der Waals surface area contributed by atoms with Crippen molar-refractivity contribution in [3.63, 3.8) is 0 Å². The van der Waals surface area contributed by atoms with E-state index in [1.807, 2.05) is 35.6 Å². The second-order valence-electron chi connectivity index (χ2n) is 7.59. The number of H-pyrrole nitrogens is 1. The summed E-state index contributed by atoms with van der Waals surface area (Å²) >= 11 is 0. The van der Waals surface area contributed by atoms with Crippen LogP contribution < -0.4 is 0 Å². The maximum atomic E-state index is 13.6. The number of aromatic nitrogens is 3. The number of hydrogen-bond donors (Lipinski definition) is 1. The maximum Gasteiger partial charge on any atom is 0.271 e. The molecule has 2 aromatic carbocycles. The van der Waals surface area contributed by atoms with Gasteiger partial charge in [-0.1, -0.05) is 6.07 Å². The van der Waals surface area contributed by atoms with Gasteiger partial charge in [-0.25, -0.2) is 9.37 Å². The van der Waals surface area contributed by atoms with E-state index in [0.29, 0.717) is 12.2 Å². The summed E-state index contributed by atoms with van der Waals surface area (Å²) in [5.74, 6) is 0.489. The fourth-order valence-corrected chi connectivity index (χ4v) is 4.27. The molecule has 1 N–H and O–H groups in total. The number of halogens is 1. The van der Waals surface area contributed by atoms with Gasteiger partial charge in [0.05, 0.1) is 17.1 Å². The molecule has 5 nitrogen and oxygen atoms in total. The summed E-state index contributed by atoms with van der Waals surface area (Å²) in [5.41, 5.74) is 4.50. The average molecular weight is 376 g/mol. The largest absolute Gasteiger partial charge is 0.340 e. The number of nitrogens with zero attached hydrogens (tertiary/aromatic N) is 3. The highest BCUT2D eigenvalue weighted by atomic mass is 19.1. The fraction of sp³-hybridized carbons (Fsp3) is 0.273. The van der Waals surface area contributed by atoms with Crippen molar-refractivity contribution in [1.29, 1.82) is 0 Å². The highest BCUT2D eigenvalue weighted by molar-refractivity contribution is 5.99. The van der Waals surface area contributed by atoms with E-state index in [9.17, 15) is 9.18 Å². The Morgan fingerprint density at radius 3 is 2.93 bits per heavy atom. The summed E-state index contributed by atoms with van der Waals surface area (Å²) in [6.45, 7) is 2.74. The predicted octanol–water partition coefficient (Wildman–Crippen LogP) is 4.48. The fourth-order valence-electron chi connectivity index (χ4n) is 4.27. The van der Waals surface area contributed by atoms with Gasteiger partial charge in [0, 0.05) is 24.5 Å². The third-order valence-electron chi connectivity index (χ3n) is 5.71. The van der Waals surface area contributed by atoms with Crippen LogP contribution >= 0.6 is 0 Å². The first kappa shape index (κ1) is 17.0. The Balaban J connectivity index is 1.52. The zero-order chi connectivity index (χ0) is 19.4. The number of hydrogen-bond acceptors (Lipinski definition) is 2. The Morgan fingerprint density at radius 1 is 1.21 bits per heavy atom. The van der Waals surface area contributed by atoms with E-state index in [-0.39, 0.29) is 17.8 Å². The molecule has 1 aliphatic rings. The summed E-state index contributed by atoms with van der Waals surface area (Å²) in [5, 5.41) is 0.737. The third-order valence-corrected chi connectivity index (χ3v) is 5.71. The number of rotatable bonds is 2. The zero-order valence-electron chi connectivity index (χ0n) is 15.9. The standard InChI is InChI=1S/C22H21FN4O/c1-13-5-7-16-17(10-13)25-21(24-16)19-4-3-9-27(19)22(28)20-12-14-11-15(23)6-8-18(14)26(20)2/h5-8,10-12,19H,3-4,9H2,1-2H3,(H,24,25). The van der Waals surface area contributed by atoms with Crippen LogP contribution in [0.1, 0.15) is 40.8 Å². The van der Waals surface area contributed by atoms with Crippen molar-refractivity contribution < 1.29 is 9.18 Å². The van der Waals surface area contributed by atoms with Crippen molar-refractivity contribution in [2.75, 3.05) is 6.54 Å². The number of carbonyl (C=O) groups excluding carboxylic acids is 1. The monoisotopic (exact) mass is 376 g/mol. The number of nitrogens with one attached hydrogen (secondary N) is 1. The van der Waals surface area contributed by atoms with E-state index in [2.05, 4.69) is 11.1 Å². The first-order valence-electron chi connectivity index (χ1n) is 9.53. The maximum absolute atomic E-state index is 13.6. The smallest absolute Gasteiger partial charge is 0.271 e. The Bertz CT molecular complexity index is 1220.